The molecule has 0 saturated carbocycles. The topological polar surface area (TPSA) is 14.1 Å². The van der Waals surface area contributed by atoms with E-state index in [0.717, 1.165) is 11.4 Å². The third-order valence-electron chi connectivity index (χ3n) is 6.54. The summed E-state index contributed by atoms with van der Waals surface area (Å²) in [4.78, 5) is 0. The van der Waals surface area contributed by atoms with Crippen molar-refractivity contribution in [2.24, 2.45) is 0 Å². The van der Waals surface area contributed by atoms with Gasteiger partial charge < -0.3 is 5.32 Å². The summed E-state index contributed by atoms with van der Waals surface area (Å²) >= 11 is 2.22. The third kappa shape index (κ3) is 7.23. The molecule has 0 N–H and O–H groups in total. The summed E-state index contributed by atoms with van der Waals surface area (Å²) in [5, 5.41) is 13.2. The molecule has 0 bridgehead atoms. The molecule has 0 fully saturated rings. The van der Waals surface area contributed by atoms with Crippen LogP contribution in [-0.4, -0.2) is 0 Å². The molecule has 6 aromatic carbocycles. The molecule has 1 nitrogen and oxygen atoms in total. The predicted octanol–water partition coefficient (Wildman–Crippen LogP) is 8.23. The number of para-hydroxylation sites is 2. The standard InChI is InChI=1S/C36H28NP2.ClH.Pd/c1-5-17-29(18-6-1)38(30-19-7-2-8-20-30)35-27-15-13-25-33(35)37-34-26-14-16-28-36(34)39(31-21-9-3-10-22-31)32-23-11-4-12-24-32;;/h1-28H;1H;/q-1;;+2/p-1. The van der Waals surface area contributed by atoms with E-state index in [4.69, 9.17) is 5.32 Å². The average molecular weight is 678 g/mol. The Labute approximate surface area is 260 Å². The molecule has 0 heterocycles. The van der Waals surface area contributed by atoms with E-state index in [0.29, 0.717) is 0 Å². The molecule has 6 rings (SSSR count). The van der Waals surface area contributed by atoms with Crippen LogP contribution in [0.5, 0.6) is 0 Å². The Bertz CT molecular complexity index is 1430. The van der Waals surface area contributed by atoms with Crippen molar-refractivity contribution in [3.05, 3.63) is 175 Å². The summed E-state index contributed by atoms with van der Waals surface area (Å²) in [6, 6.07) is 60.7. The monoisotopic (exact) mass is 677 g/mol. The molecular weight excluding hydrogens is 650 g/mol. The zero-order chi connectivity index (χ0) is 28.3. The van der Waals surface area contributed by atoms with Crippen LogP contribution in [0, 0.1) is 0 Å². The van der Waals surface area contributed by atoms with Crippen molar-refractivity contribution < 1.29 is 18.2 Å². The largest absolute Gasteiger partial charge is 0.657 e. The van der Waals surface area contributed by atoms with E-state index in [-0.39, 0.29) is 0 Å². The summed E-state index contributed by atoms with van der Waals surface area (Å²) in [5.74, 6) is 0. The molecule has 0 saturated heterocycles. The fourth-order valence-corrected chi connectivity index (χ4v) is 9.56. The maximum absolute atomic E-state index is 5.42. The van der Waals surface area contributed by atoms with Gasteiger partial charge in [0.1, 0.15) is 0 Å². The van der Waals surface area contributed by atoms with Gasteiger partial charge in [-0.2, -0.15) is 0 Å². The van der Waals surface area contributed by atoms with Crippen molar-refractivity contribution in [1.82, 2.24) is 0 Å². The minimum Gasteiger partial charge on any atom is -0.657 e. The third-order valence-corrected chi connectivity index (χ3v) is 11.5. The summed E-state index contributed by atoms with van der Waals surface area (Å²) in [7, 11) is 2.96. The Balaban J connectivity index is 0.00000165. The van der Waals surface area contributed by atoms with Crippen LogP contribution in [0.25, 0.3) is 5.32 Å². The van der Waals surface area contributed by atoms with Gasteiger partial charge in [0.2, 0.25) is 0 Å². The van der Waals surface area contributed by atoms with Crippen molar-refractivity contribution in [3.63, 3.8) is 0 Å². The SMILES string of the molecule is [Cl][Pd+].c1ccc(P(c2ccccc2)c2ccccc2[N-]c2ccccc2P(c2ccccc2)c2ccccc2)cc1. The molecule has 204 valence electrons. The molecular formula is C36H28ClNP2Pd. The minimum atomic E-state index is -0.764. The molecule has 0 aliphatic rings. The molecule has 0 atom stereocenters. The summed E-state index contributed by atoms with van der Waals surface area (Å²) < 4.78 is 0. The minimum absolute atomic E-state index is 0.764. The van der Waals surface area contributed by atoms with Crippen LogP contribution >= 0.6 is 25.4 Å². The van der Waals surface area contributed by atoms with E-state index in [1.165, 1.54) is 31.8 Å². The Kier molecular flexibility index (Phi) is 10.9. The first-order chi connectivity index (χ1) is 20.4. The van der Waals surface area contributed by atoms with Gasteiger partial charge in [0.25, 0.3) is 0 Å². The van der Waals surface area contributed by atoms with Crippen molar-refractivity contribution in [2.75, 3.05) is 0 Å². The van der Waals surface area contributed by atoms with Crippen LogP contribution in [0.3, 0.4) is 0 Å². The fourth-order valence-electron chi connectivity index (χ4n) is 4.79. The predicted molar refractivity (Wildman–Crippen MR) is 179 cm³/mol. The van der Waals surface area contributed by atoms with E-state index in [1.54, 1.807) is 0 Å². The molecule has 0 aliphatic carbocycles. The number of halogens is 1. The van der Waals surface area contributed by atoms with Crippen LogP contribution in [0.2, 0.25) is 0 Å². The van der Waals surface area contributed by atoms with Gasteiger partial charge in [0.05, 0.1) is 0 Å². The molecule has 0 aromatic heterocycles. The zero-order valence-corrected chi connectivity index (χ0v) is 26.3. The molecule has 41 heavy (non-hydrogen) atoms. The number of rotatable bonds is 8. The number of hydrogen-bond donors (Lipinski definition) is 0. The van der Waals surface area contributed by atoms with Gasteiger partial charge in [0.15, 0.2) is 0 Å². The van der Waals surface area contributed by atoms with E-state index in [2.05, 4.69) is 198 Å². The van der Waals surface area contributed by atoms with Gasteiger partial charge in [-0.25, -0.2) is 0 Å². The fraction of sp³-hybridized carbons (Fsp3) is 0. The van der Waals surface area contributed by atoms with Gasteiger partial charge in [-0.1, -0.05) is 170 Å². The van der Waals surface area contributed by atoms with Crippen molar-refractivity contribution in [2.45, 2.75) is 0 Å². The second-order valence-electron chi connectivity index (χ2n) is 9.10. The van der Waals surface area contributed by atoms with Crippen molar-refractivity contribution >= 4 is 68.6 Å². The first kappa shape index (κ1) is 29.4. The number of hydrogen-bond acceptors (Lipinski definition) is 0. The Morgan fingerprint density at radius 2 is 0.585 bits per heavy atom. The number of nitrogens with zero attached hydrogens (tertiary/aromatic N) is 1. The molecule has 6 aromatic rings. The normalized spacial score (nSPS) is 10.7. The summed E-state index contributed by atoms with van der Waals surface area (Å²) in [5.41, 5.74) is 2.06. The molecule has 0 amide bonds. The first-order valence-electron chi connectivity index (χ1n) is 13.2. The second-order valence-corrected chi connectivity index (χ2v) is 13.5. The molecule has 0 spiro atoms. The average Bonchev–Trinajstić information content (AvgIpc) is 3.06. The smallest absolute Gasteiger partial charge is 0.0147 e. The van der Waals surface area contributed by atoms with Crippen LogP contribution in [0.4, 0.5) is 11.4 Å². The van der Waals surface area contributed by atoms with Gasteiger partial charge in [-0.05, 0) is 47.7 Å². The van der Waals surface area contributed by atoms with Crippen LogP contribution in [-0.2, 0) is 18.2 Å². The van der Waals surface area contributed by atoms with Crippen molar-refractivity contribution in [1.29, 1.82) is 0 Å². The maximum atomic E-state index is 5.42. The zero-order valence-electron chi connectivity index (χ0n) is 22.2. The molecule has 0 radical (unpaired) electrons. The Morgan fingerprint density at radius 1 is 0.341 bits per heavy atom. The van der Waals surface area contributed by atoms with Gasteiger partial charge in [-0.15, -0.1) is 11.4 Å². The van der Waals surface area contributed by atoms with Crippen LogP contribution < -0.4 is 31.8 Å². The van der Waals surface area contributed by atoms with Crippen LogP contribution in [0.15, 0.2) is 170 Å². The molecule has 0 aliphatic heterocycles. The van der Waals surface area contributed by atoms with E-state index < -0.39 is 15.8 Å². The molecule has 5 heteroatoms. The van der Waals surface area contributed by atoms with E-state index >= 15 is 0 Å². The Hall–Kier alpha value is -3.07. The maximum Gasteiger partial charge on any atom is -0.0147 e. The summed E-state index contributed by atoms with van der Waals surface area (Å²) in [6.07, 6.45) is 0. The Morgan fingerprint density at radius 3 is 0.878 bits per heavy atom. The van der Waals surface area contributed by atoms with Gasteiger partial charge >= 0.3 is 27.7 Å². The van der Waals surface area contributed by atoms with Crippen LogP contribution in [0.1, 0.15) is 0 Å². The molecule has 0 unspecified atom stereocenters. The number of benzene rings is 6. The van der Waals surface area contributed by atoms with E-state index in [9.17, 15) is 0 Å². The summed E-state index contributed by atoms with van der Waals surface area (Å²) in [6.45, 7) is 0. The quantitative estimate of drug-likeness (QED) is 0.114. The van der Waals surface area contributed by atoms with Gasteiger partial charge in [-0.3, -0.25) is 0 Å². The second kappa shape index (κ2) is 15.2. The van der Waals surface area contributed by atoms with E-state index in [1.807, 2.05) is 0 Å². The first-order valence-corrected chi connectivity index (χ1v) is 17.9. The van der Waals surface area contributed by atoms with Gasteiger partial charge in [0, 0.05) is 0 Å². The van der Waals surface area contributed by atoms with Crippen molar-refractivity contribution in [3.8, 4) is 0 Å².